The van der Waals surface area contributed by atoms with E-state index < -0.39 is 9.84 Å². The highest BCUT2D eigenvalue weighted by atomic mass is 32.2. The van der Waals surface area contributed by atoms with E-state index in [9.17, 15) is 12.6 Å². The zero-order valence-corrected chi connectivity index (χ0v) is 12.9. The molecule has 0 atom stereocenters. The molecule has 0 spiro atoms. The quantitative estimate of drug-likeness (QED) is 0.423. The van der Waals surface area contributed by atoms with E-state index in [2.05, 4.69) is 31.1 Å². The molecule has 0 aliphatic heterocycles. The first-order valence-corrected chi connectivity index (χ1v) is 8.18. The molecule has 2 aromatic heterocycles. The van der Waals surface area contributed by atoms with Gasteiger partial charge in [-0.15, -0.1) is 5.10 Å². The van der Waals surface area contributed by atoms with E-state index in [1.54, 1.807) is 7.05 Å². The number of tetrazole rings is 2. The van der Waals surface area contributed by atoms with Crippen LogP contribution in [-0.2, 0) is 35.2 Å². The van der Waals surface area contributed by atoms with E-state index in [0.717, 1.165) is 4.68 Å². The average Bonchev–Trinajstić information content (AvgIpc) is 3.04. The van der Waals surface area contributed by atoms with Crippen molar-refractivity contribution < 1.29 is 12.6 Å². The second-order valence-electron chi connectivity index (χ2n) is 4.14. The van der Waals surface area contributed by atoms with Crippen molar-refractivity contribution in [3.05, 3.63) is 5.82 Å². The third-order valence-electron chi connectivity index (χ3n) is 2.65. The van der Waals surface area contributed by atoms with E-state index >= 15 is 0 Å². The fourth-order valence-corrected chi connectivity index (χ4v) is 3.44. The van der Waals surface area contributed by atoms with Crippen LogP contribution >= 0.6 is 0 Å². The maximum atomic E-state index is 12.0. The first-order chi connectivity index (χ1) is 9.95. The topological polar surface area (TPSA) is 138 Å². The molecule has 0 bridgehead atoms. The summed E-state index contributed by atoms with van der Waals surface area (Å²) < 4.78 is 37.6. The van der Waals surface area contributed by atoms with Gasteiger partial charge in [0, 0.05) is 14.1 Å². The molecule has 0 aromatic carbocycles. The number of aromatic nitrogens is 8. The van der Waals surface area contributed by atoms with Crippen LogP contribution < -0.4 is 0 Å². The van der Waals surface area contributed by atoms with Crippen LogP contribution in [-0.4, -0.2) is 63.7 Å². The van der Waals surface area contributed by atoms with Gasteiger partial charge in [-0.2, -0.15) is 0 Å². The Labute approximate surface area is 123 Å². The average molecular weight is 332 g/mol. The van der Waals surface area contributed by atoms with Gasteiger partial charge in [-0.25, -0.2) is 22.0 Å². The standard InChI is InChI=1S/C8H12N8O3S2/c1-15-7(9-11-13-15)6(20-17)4-3-5-21(18,19)8-10-12-14-16(8)2/h3-5H2,1-2H3. The Kier molecular flexibility index (Phi) is 4.52. The van der Waals surface area contributed by atoms with Crippen LogP contribution in [0.25, 0.3) is 0 Å². The van der Waals surface area contributed by atoms with Crippen LogP contribution in [0.1, 0.15) is 18.7 Å². The summed E-state index contributed by atoms with van der Waals surface area (Å²) in [6, 6.07) is 0. The molecule has 0 saturated heterocycles. The van der Waals surface area contributed by atoms with Crippen LogP contribution in [0, 0.1) is 0 Å². The van der Waals surface area contributed by atoms with Gasteiger partial charge in [-0.3, -0.25) is 0 Å². The molecule has 2 aromatic rings. The molecule has 0 saturated carbocycles. The minimum atomic E-state index is -3.59. The first kappa shape index (κ1) is 15.4. The van der Waals surface area contributed by atoms with E-state index in [0.29, 0.717) is 10.7 Å². The second kappa shape index (κ2) is 6.17. The Bertz CT molecular complexity index is 788. The molecule has 0 aliphatic carbocycles. The van der Waals surface area contributed by atoms with Crippen molar-refractivity contribution >= 4 is 26.0 Å². The van der Waals surface area contributed by atoms with Gasteiger partial charge in [0.2, 0.25) is 9.84 Å². The molecule has 2 heterocycles. The monoisotopic (exact) mass is 332 g/mol. The normalized spacial score (nSPS) is 11.5. The highest BCUT2D eigenvalue weighted by molar-refractivity contribution is 7.91. The Morgan fingerprint density at radius 1 is 1.14 bits per heavy atom. The number of aryl methyl sites for hydroxylation is 2. The minimum absolute atomic E-state index is 0.170. The number of rotatable bonds is 6. The Hall–Kier alpha value is -2.02. The van der Waals surface area contributed by atoms with Crippen molar-refractivity contribution in [1.29, 1.82) is 0 Å². The van der Waals surface area contributed by atoms with Crippen molar-refractivity contribution in [2.75, 3.05) is 5.75 Å². The highest BCUT2D eigenvalue weighted by Crippen LogP contribution is 2.09. The van der Waals surface area contributed by atoms with E-state index in [1.807, 2.05) is 0 Å². The largest absolute Gasteiger partial charge is 0.267 e. The summed E-state index contributed by atoms with van der Waals surface area (Å²) in [7, 11) is -0.534. The lowest BCUT2D eigenvalue weighted by molar-refractivity contribution is 0.567. The Morgan fingerprint density at radius 2 is 1.81 bits per heavy atom. The predicted octanol–water partition coefficient (Wildman–Crippen LogP) is -2.28. The molecule has 0 N–H and O–H groups in total. The Balaban J connectivity index is 2.03. The maximum Gasteiger partial charge on any atom is 0.267 e. The third-order valence-corrected chi connectivity index (χ3v) is 4.96. The van der Waals surface area contributed by atoms with Crippen molar-refractivity contribution in [3.8, 4) is 0 Å². The van der Waals surface area contributed by atoms with Crippen molar-refractivity contribution in [2.24, 2.45) is 14.1 Å². The molecule has 0 amide bonds. The zero-order chi connectivity index (χ0) is 15.5. The lowest BCUT2D eigenvalue weighted by Gasteiger charge is -2.03. The summed E-state index contributed by atoms with van der Waals surface area (Å²) in [6.45, 7) is 0. The van der Waals surface area contributed by atoms with Gasteiger partial charge < -0.3 is 0 Å². The number of sulfone groups is 1. The van der Waals surface area contributed by atoms with E-state index in [4.69, 9.17) is 0 Å². The van der Waals surface area contributed by atoms with Gasteiger partial charge in [-0.1, -0.05) is 5.10 Å². The molecule has 0 radical (unpaired) electrons. The van der Waals surface area contributed by atoms with E-state index in [-0.39, 0.29) is 35.0 Å². The lowest BCUT2D eigenvalue weighted by Crippen LogP contribution is -2.15. The summed E-state index contributed by atoms with van der Waals surface area (Å²) in [4.78, 5) is 0.383. The molecular weight excluding hydrogens is 320 g/mol. The molecule has 0 aliphatic rings. The third kappa shape index (κ3) is 3.36. The van der Waals surface area contributed by atoms with Gasteiger partial charge in [-0.05, 0) is 33.7 Å². The SMILES string of the molecule is Cn1nnnc1C(CCCS(=O)(=O)c1nnnn1C)=S=O. The summed E-state index contributed by atoms with van der Waals surface area (Å²) in [5, 5.41) is 20.8. The second-order valence-corrected chi connectivity index (χ2v) is 6.80. The molecule has 21 heavy (non-hydrogen) atoms. The van der Waals surface area contributed by atoms with Gasteiger partial charge in [0.15, 0.2) is 5.82 Å². The number of hydrogen-bond donors (Lipinski definition) is 0. The molecule has 2 rings (SSSR count). The fourth-order valence-electron chi connectivity index (χ4n) is 1.66. The van der Waals surface area contributed by atoms with Crippen LogP contribution in [0.5, 0.6) is 0 Å². The van der Waals surface area contributed by atoms with Crippen LogP contribution in [0.15, 0.2) is 5.16 Å². The van der Waals surface area contributed by atoms with E-state index in [1.165, 1.54) is 11.7 Å². The molecule has 11 nitrogen and oxygen atoms in total. The minimum Gasteiger partial charge on any atom is -0.228 e. The summed E-state index contributed by atoms with van der Waals surface area (Å²) >= 11 is 0.256. The number of nitrogens with zero attached hydrogens (tertiary/aromatic N) is 8. The van der Waals surface area contributed by atoms with Gasteiger partial charge in [0.1, 0.15) is 0 Å². The maximum absolute atomic E-state index is 12.0. The van der Waals surface area contributed by atoms with Crippen molar-refractivity contribution in [3.63, 3.8) is 0 Å². The molecule has 0 fully saturated rings. The predicted molar refractivity (Wildman–Crippen MR) is 71.1 cm³/mol. The van der Waals surface area contributed by atoms with Gasteiger partial charge in [0.05, 0.1) is 21.9 Å². The summed E-state index contributed by atoms with van der Waals surface area (Å²) in [5.74, 6) is 0.170. The van der Waals surface area contributed by atoms with Crippen molar-refractivity contribution in [2.45, 2.75) is 18.0 Å². The summed E-state index contributed by atoms with van der Waals surface area (Å²) in [6.07, 6.45) is 0.500. The Morgan fingerprint density at radius 3 is 2.33 bits per heavy atom. The van der Waals surface area contributed by atoms with Crippen molar-refractivity contribution in [1.82, 2.24) is 40.4 Å². The van der Waals surface area contributed by atoms with Crippen LogP contribution in [0.2, 0.25) is 0 Å². The molecule has 0 unspecified atom stereocenters. The summed E-state index contributed by atoms with van der Waals surface area (Å²) in [5.41, 5.74) is 0. The molecule has 13 heteroatoms. The number of hydrogen-bond acceptors (Lipinski definition) is 9. The van der Waals surface area contributed by atoms with Crippen LogP contribution in [0.3, 0.4) is 0 Å². The zero-order valence-electron chi connectivity index (χ0n) is 11.2. The lowest BCUT2D eigenvalue weighted by atomic mass is 10.2. The van der Waals surface area contributed by atoms with Gasteiger partial charge in [0.25, 0.3) is 5.16 Å². The first-order valence-electron chi connectivity index (χ1n) is 5.79. The van der Waals surface area contributed by atoms with Crippen LogP contribution in [0.4, 0.5) is 0 Å². The van der Waals surface area contributed by atoms with Gasteiger partial charge >= 0.3 is 0 Å². The smallest absolute Gasteiger partial charge is 0.228 e. The highest BCUT2D eigenvalue weighted by Gasteiger charge is 2.21. The molecular formula is C8H12N8O3S2. The fraction of sp³-hybridized carbons (Fsp3) is 0.625. The molecule has 114 valence electrons.